The van der Waals surface area contributed by atoms with Gasteiger partial charge in [-0.25, -0.2) is 8.78 Å². The maximum atomic E-state index is 13.5. The molecule has 29 heavy (non-hydrogen) atoms. The molecule has 0 fully saturated rings. The summed E-state index contributed by atoms with van der Waals surface area (Å²) in [6.07, 6.45) is -6.03. The van der Waals surface area contributed by atoms with Crippen LogP contribution in [0.3, 0.4) is 0 Å². The smallest absolute Gasteiger partial charge is 0.381 e. The van der Waals surface area contributed by atoms with Crippen LogP contribution in [0.5, 0.6) is 0 Å². The number of fused-ring (bicyclic) bond motifs is 1. The van der Waals surface area contributed by atoms with Crippen LogP contribution in [0.2, 0.25) is 0 Å². The number of alkyl halides is 3. The van der Waals surface area contributed by atoms with Crippen LogP contribution in [0, 0.1) is 23.0 Å². The normalized spacial score (nSPS) is 14.3. The van der Waals surface area contributed by atoms with Crippen molar-refractivity contribution in [2.45, 2.75) is 18.7 Å². The number of aliphatic hydroxyl groups excluding tert-OH is 1. The molecular weight excluding hydrogens is 397 g/mol. The largest absolute Gasteiger partial charge is 0.417 e. The van der Waals surface area contributed by atoms with Crippen LogP contribution in [0.15, 0.2) is 30.3 Å². The van der Waals surface area contributed by atoms with E-state index in [1.807, 2.05) is 0 Å². The molecule has 0 aliphatic carbocycles. The van der Waals surface area contributed by atoms with Crippen molar-refractivity contribution in [3.05, 3.63) is 58.7 Å². The molecule has 1 aliphatic heterocycles. The summed E-state index contributed by atoms with van der Waals surface area (Å²) in [7, 11) is 0. The number of hydrogen-bond donors (Lipinski definition) is 2. The number of nitriles is 1. The van der Waals surface area contributed by atoms with E-state index >= 15 is 0 Å². The minimum Gasteiger partial charge on any atom is -0.381 e. The predicted molar refractivity (Wildman–Crippen MR) is 93.1 cm³/mol. The Morgan fingerprint density at radius 2 is 1.93 bits per heavy atom. The van der Waals surface area contributed by atoms with Crippen molar-refractivity contribution in [1.29, 1.82) is 5.26 Å². The van der Waals surface area contributed by atoms with E-state index in [2.05, 4.69) is 5.32 Å². The minimum absolute atomic E-state index is 0.240. The molecule has 1 aliphatic rings. The molecule has 1 atom stereocenters. The van der Waals surface area contributed by atoms with Gasteiger partial charge in [0.25, 0.3) is 5.91 Å². The topological polar surface area (TPSA) is 76.4 Å². The average molecular weight is 411 g/mol. The summed E-state index contributed by atoms with van der Waals surface area (Å²) in [6.45, 7) is 0.0595. The minimum atomic E-state index is -4.79. The van der Waals surface area contributed by atoms with Crippen LogP contribution in [-0.4, -0.2) is 30.2 Å². The highest BCUT2D eigenvalue weighted by Gasteiger charge is 2.34. The lowest BCUT2D eigenvalue weighted by Gasteiger charge is -2.22. The average Bonchev–Trinajstić information content (AvgIpc) is 3.02. The van der Waals surface area contributed by atoms with Crippen molar-refractivity contribution in [2.24, 2.45) is 0 Å². The van der Waals surface area contributed by atoms with Crippen LogP contribution in [0.4, 0.5) is 33.3 Å². The van der Waals surface area contributed by atoms with Gasteiger partial charge in [0.15, 0.2) is 17.7 Å². The van der Waals surface area contributed by atoms with E-state index in [0.717, 1.165) is 24.3 Å². The van der Waals surface area contributed by atoms with Gasteiger partial charge in [0, 0.05) is 24.0 Å². The summed E-state index contributed by atoms with van der Waals surface area (Å²) in [6, 6.07) is 6.08. The van der Waals surface area contributed by atoms with Gasteiger partial charge in [-0.1, -0.05) is 0 Å². The lowest BCUT2D eigenvalue weighted by atomic mass is 10.1. The first-order chi connectivity index (χ1) is 13.6. The Balaban J connectivity index is 1.72. The number of hydrogen-bond acceptors (Lipinski definition) is 4. The zero-order valence-electron chi connectivity index (χ0n) is 14.7. The number of halogens is 5. The summed E-state index contributed by atoms with van der Waals surface area (Å²) in [4.78, 5) is 13.7. The number of benzene rings is 2. The van der Waals surface area contributed by atoms with Crippen molar-refractivity contribution < 1.29 is 31.9 Å². The first kappa shape index (κ1) is 20.5. The number of amides is 1. The lowest BCUT2D eigenvalue weighted by Crippen LogP contribution is -2.39. The standard InChI is InChI=1S/C19H14F5N3O2/c20-14-5-10-3-4-27(16(10)7-15(14)21)9-17(28)18(29)26-12-2-1-11(8-25)13(6-12)19(22,23)24/h1-2,5-7,17,28H,3-4,9H2,(H,26,29)/t17-/m0/s1. The number of carbonyl (C=O) groups excluding carboxylic acids is 1. The van der Waals surface area contributed by atoms with Crippen LogP contribution < -0.4 is 10.2 Å². The van der Waals surface area contributed by atoms with E-state index in [4.69, 9.17) is 5.26 Å². The number of anilines is 2. The third kappa shape index (κ3) is 4.30. The summed E-state index contributed by atoms with van der Waals surface area (Å²) < 4.78 is 65.8. The molecule has 1 amide bonds. The Morgan fingerprint density at radius 1 is 1.24 bits per heavy atom. The van der Waals surface area contributed by atoms with E-state index in [1.54, 1.807) is 0 Å². The van der Waals surface area contributed by atoms with Crippen LogP contribution >= 0.6 is 0 Å². The number of aliphatic hydroxyl groups is 1. The molecule has 10 heteroatoms. The number of rotatable bonds is 4. The Kier molecular flexibility index (Phi) is 5.44. The second-order valence-electron chi connectivity index (χ2n) is 6.47. The first-order valence-corrected chi connectivity index (χ1v) is 8.43. The Bertz CT molecular complexity index is 1000. The second-order valence-corrected chi connectivity index (χ2v) is 6.47. The molecule has 2 aromatic rings. The fourth-order valence-corrected chi connectivity index (χ4v) is 3.11. The molecule has 152 valence electrons. The maximum Gasteiger partial charge on any atom is 0.417 e. The van der Waals surface area contributed by atoms with Crippen molar-refractivity contribution in [3.8, 4) is 6.07 Å². The van der Waals surface area contributed by atoms with Gasteiger partial charge in [-0.05, 0) is 36.2 Å². The molecule has 0 bridgehead atoms. The van der Waals surface area contributed by atoms with Crippen LogP contribution in [-0.2, 0) is 17.4 Å². The summed E-state index contributed by atoms with van der Waals surface area (Å²) >= 11 is 0. The predicted octanol–water partition coefficient (Wildman–Crippen LogP) is 3.22. The Hall–Kier alpha value is -3.19. The molecule has 3 rings (SSSR count). The highest BCUT2D eigenvalue weighted by molar-refractivity contribution is 5.94. The SMILES string of the molecule is N#Cc1ccc(NC(=O)[C@@H](O)CN2CCc3cc(F)c(F)cc32)cc1C(F)(F)F. The molecule has 0 aromatic heterocycles. The van der Waals surface area contributed by atoms with E-state index < -0.39 is 40.9 Å². The third-order valence-corrected chi connectivity index (χ3v) is 4.52. The number of nitrogens with zero attached hydrogens (tertiary/aromatic N) is 2. The molecule has 5 nitrogen and oxygen atoms in total. The van der Waals surface area contributed by atoms with Gasteiger partial charge in [0.1, 0.15) is 0 Å². The molecular formula is C19H14F5N3O2. The van der Waals surface area contributed by atoms with Crippen molar-refractivity contribution in [1.82, 2.24) is 0 Å². The van der Waals surface area contributed by atoms with Crippen molar-refractivity contribution in [3.63, 3.8) is 0 Å². The van der Waals surface area contributed by atoms with Gasteiger partial charge in [-0.3, -0.25) is 4.79 Å². The van der Waals surface area contributed by atoms with Gasteiger partial charge in [-0.15, -0.1) is 0 Å². The summed E-state index contributed by atoms with van der Waals surface area (Å²) in [5.41, 5.74) is -1.18. The number of β-amino-alcohol motifs (C(OH)–C–C–N with tert-alkyl or cyclic N) is 1. The Morgan fingerprint density at radius 3 is 2.59 bits per heavy atom. The molecule has 2 aromatic carbocycles. The van der Waals surface area contributed by atoms with Crippen molar-refractivity contribution >= 4 is 17.3 Å². The highest BCUT2D eigenvalue weighted by atomic mass is 19.4. The van der Waals surface area contributed by atoms with Gasteiger partial charge in [-0.2, -0.15) is 18.4 Å². The van der Waals surface area contributed by atoms with Crippen LogP contribution in [0.1, 0.15) is 16.7 Å². The van der Waals surface area contributed by atoms with Crippen LogP contribution in [0.25, 0.3) is 0 Å². The van der Waals surface area contributed by atoms with E-state index in [-0.39, 0.29) is 12.2 Å². The monoisotopic (exact) mass is 411 g/mol. The molecule has 0 radical (unpaired) electrons. The fraction of sp³-hybridized carbons (Fsp3) is 0.263. The second kappa shape index (κ2) is 7.67. The quantitative estimate of drug-likeness (QED) is 0.758. The maximum absolute atomic E-state index is 13.5. The zero-order valence-corrected chi connectivity index (χ0v) is 14.7. The molecule has 0 saturated heterocycles. The van der Waals surface area contributed by atoms with E-state index in [0.29, 0.717) is 30.3 Å². The van der Waals surface area contributed by atoms with E-state index in [9.17, 15) is 31.9 Å². The third-order valence-electron chi connectivity index (χ3n) is 4.52. The number of carbonyl (C=O) groups is 1. The Labute approximate surface area is 162 Å². The number of nitrogens with one attached hydrogen (secondary N) is 1. The highest BCUT2D eigenvalue weighted by Crippen LogP contribution is 2.34. The lowest BCUT2D eigenvalue weighted by molar-refractivity contribution is -0.137. The van der Waals surface area contributed by atoms with Gasteiger partial charge >= 0.3 is 6.18 Å². The summed E-state index contributed by atoms with van der Waals surface area (Å²) in [5, 5.41) is 21.1. The van der Waals surface area contributed by atoms with E-state index in [1.165, 1.54) is 11.0 Å². The van der Waals surface area contributed by atoms with Gasteiger partial charge in [0.2, 0.25) is 0 Å². The molecule has 0 saturated carbocycles. The molecule has 2 N–H and O–H groups in total. The molecule has 0 unspecified atom stereocenters. The van der Waals surface area contributed by atoms with Gasteiger partial charge < -0.3 is 15.3 Å². The van der Waals surface area contributed by atoms with Gasteiger partial charge in [0.05, 0.1) is 23.7 Å². The fourth-order valence-electron chi connectivity index (χ4n) is 3.11. The molecule has 0 spiro atoms. The zero-order chi connectivity index (χ0) is 21.3. The van der Waals surface area contributed by atoms with Crippen molar-refractivity contribution in [2.75, 3.05) is 23.3 Å². The first-order valence-electron chi connectivity index (χ1n) is 8.43. The summed E-state index contributed by atoms with van der Waals surface area (Å²) in [5.74, 6) is -3.03. The molecule has 1 heterocycles.